The Hall–Kier alpha value is -5.43. The molecule has 0 amide bonds. The van der Waals surface area contributed by atoms with Crippen molar-refractivity contribution in [3.05, 3.63) is 89.5 Å². The van der Waals surface area contributed by atoms with Crippen LogP contribution in [0, 0.1) is 16.7 Å². The van der Waals surface area contributed by atoms with Crippen LogP contribution < -0.4 is 19.1 Å². The van der Waals surface area contributed by atoms with Gasteiger partial charge in [0.25, 0.3) is 0 Å². The van der Waals surface area contributed by atoms with Crippen molar-refractivity contribution in [3.63, 3.8) is 0 Å². The number of ketones is 1. The highest BCUT2D eigenvalue weighted by Crippen LogP contribution is 2.57. The second kappa shape index (κ2) is 12.1. The summed E-state index contributed by atoms with van der Waals surface area (Å²) in [4.78, 5) is 53.7. The molecule has 4 unspecified atom stereocenters. The Morgan fingerprint density at radius 1 is 0.932 bits per heavy atom. The van der Waals surface area contributed by atoms with Crippen LogP contribution in [0.25, 0.3) is 6.08 Å². The number of benzene rings is 3. The third kappa shape index (κ3) is 5.07. The van der Waals surface area contributed by atoms with E-state index >= 15 is 0 Å². The largest absolute Gasteiger partial charge is 0.493 e. The lowest BCUT2D eigenvalue weighted by atomic mass is 9.68. The van der Waals surface area contributed by atoms with Crippen molar-refractivity contribution >= 4 is 35.5 Å². The molecule has 1 saturated heterocycles. The highest BCUT2D eigenvalue weighted by atomic mass is 16.6. The lowest BCUT2D eigenvalue weighted by molar-refractivity contribution is -0.152. The molecule has 0 aliphatic carbocycles. The van der Waals surface area contributed by atoms with Gasteiger partial charge in [0.2, 0.25) is 0 Å². The molecule has 3 aromatic carbocycles. The van der Waals surface area contributed by atoms with Gasteiger partial charge in [0, 0.05) is 31.0 Å². The highest BCUT2D eigenvalue weighted by molar-refractivity contribution is 6.06. The van der Waals surface area contributed by atoms with E-state index in [0.29, 0.717) is 11.3 Å². The van der Waals surface area contributed by atoms with Crippen molar-refractivity contribution < 1.29 is 38.1 Å². The molecular weight excluding hydrogens is 564 g/mol. The van der Waals surface area contributed by atoms with Gasteiger partial charge in [-0.25, -0.2) is 0 Å². The van der Waals surface area contributed by atoms with E-state index in [0.717, 1.165) is 5.56 Å². The average molecular weight is 595 g/mol. The minimum atomic E-state index is -1.87. The molecule has 44 heavy (non-hydrogen) atoms. The zero-order chi connectivity index (χ0) is 31.6. The first kappa shape index (κ1) is 30.0. The summed E-state index contributed by atoms with van der Waals surface area (Å²) in [7, 11) is 1.40. The van der Waals surface area contributed by atoms with Gasteiger partial charge in [-0.05, 0) is 60.5 Å². The van der Waals surface area contributed by atoms with E-state index in [9.17, 15) is 24.4 Å². The normalized spacial score (nSPS) is 21.3. The molecule has 2 aliphatic heterocycles. The van der Waals surface area contributed by atoms with E-state index in [-0.39, 0.29) is 35.2 Å². The Balaban J connectivity index is 1.76. The summed E-state index contributed by atoms with van der Waals surface area (Å²) >= 11 is 0. The molecule has 3 aromatic rings. The molecule has 2 heterocycles. The molecule has 10 heteroatoms. The predicted molar refractivity (Wildman–Crippen MR) is 159 cm³/mol. The van der Waals surface area contributed by atoms with Crippen LogP contribution in [0.15, 0.2) is 72.8 Å². The second-order valence-corrected chi connectivity index (χ2v) is 10.4. The third-order valence-electron chi connectivity index (χ3n) is 7.81. The monoisotopic (exact) mass is 594 g/mol. The molecule has 0 radical (unpaired) electrons. The van der Waals surface area contributed by atoms with Crippen molar-refractivity contribution in [2.45, 2.75) is 38.8 Å². The number of ether oxygens (including phenoxy) is 4. The van der Waals surface area contributed by atoms with Crippen LogP contribution in [-0.4, -0.2) is 49.5 Å². The maximum atomic E-state index is 14.6. The Morgan fingerprint density at radius 3 is 2.27 bits per heavy atom. The van der Waals surface area contributed by atoms with Gasteiger partial charge in [0.05, 0.1) is 25.8 Å². The van der Waals surface area contributed by atoms with Gasteiger partial charge in [-0.15, -0.1) is 0 Å². The fraction of sp³-hybridized carbons (Fsp3) is 0.265. The van der Waals surface area contributed by atoms with E-state index in [1.54, 1.807) is 37.3 Å². The lowest BCUT2D eigenvalue weighted by Gasteiger charge is -2.36. The van der Waals surface area contributed by atoms with E-state index in [4.69, 9.17) is 18.9 Å². The first-order chi connectivity index (χ1) is 21.2. The SMILES string of the molecule is CCOC(=O)C1(C#N)C(c2ccc(OC(C)=O)c(OC)c2)C(C(=O)c2ccc(OC(C)=O)cc2)N2c3ccccc3C=CC21. The summed E-state index contributed by atoms with van der Waals surface area (Å²) in [5.74, 6) is -2.66. The number of esters is 3. The highest BCUT2D eigenvalue weighted by Gasteiger charge is 2.67. The molecular formula is C34H30N2O8. The second-order valence-electron chi connectivity index (χ2n) is 10.4. The van der Waals surface area contributed by atoms with E-state index in [1.807, 2.05) is 35.2 Å². The number of fused-ring (bicyclic) bond motifs is 3. The Morgan fingerprint density at radius 2 is 1.64 bits per heavy atom. The molecule has 5 rings (SSSR count). The average Bonchev–Trinajstić information content (AvgIpc) is 3.32. The zero-order valence-corrected chi connectivity index (χ0v) is 24.6. The Bertz CT molecular complexity index is 1710. The summed E-state index contributed by atoms with van der Waals surface area (Å²) in [6.45, 7) is 4.21. The van der Waals surface area contributed by atoms with Crippen LogP contribution in [0.2, 0.25) is 0 Å². The summed E-state index contributed by atoms with van der Waals surface area (Å²) in [6.07, 6.45) is 3.60. The number of hydrogen-bond acceptors (Lipinski definition) is 10. The summed E-state index contributed by atoms with van der Waals surface area (Å²) in [5.41, 5.74) is 0.326. The predicted octanol–water partition coefficient (Wildman–Crippen LogP) is 4.87. The number of carbonyl (C=O) groups excluding carboxylic acids is 4. The molecule has 10 nitrogen and oxygen atoms in total. The molecule has 0 bridgehead atoms. The van der Waals surface area contributed by atoms with Crippen molar-refractivity contribution in [2.75, 3.05) is 18.6 Å². The smallest absolute Gasteiger partial charge is 0.329 e. The maximum absolute atomic E-state index is 14.6. The molecule has 2 aliphatic rings. The Labute approximate surface area is 254 Å². The summed E-state index contributed by atoms with van der Waals surface area (Å²) < 4.78 is 21.5. The topological polar surface area (TPSA) is 132 Å². The zero-order valence-electron chi connectivity index (χ0n) is 24.6. The van der Waals surface area contributed by atoms with Crippen LogP contribution in [0.4, 0.5) is 5.69 Å². The van der Waals surface area contributed by atoms with Crippen LogP contribution in [0.3, 0.4) is 0 Å². The number of hydrogen-bond donors (Lipinski definition) is 0. The number of nitrogens with zero attached hydrogens (tertiary/aromatic N) is 2. The van der Waals surface area contributed by atoms with Crippen molar-refractivity contribution in [3.8, 4) is 23.3 Å². The molecule has 1 fully saturated rings. The van der Waals surface area contributed by atoms with Crippen LogP contribution >= 0.6 is 0 Å². The van der Waals surface area contributed by atoms with Crippen LogP contribution in [0.5, 0.6) is 17.2 Å². The molecule has 0 spiro atoms. The van der Waals surface area contributed by atoms with Gasteiger partial charge in [0.15, 0.2) is 22.7 Å². The minimum absolute atomic E-state index is 0.0208. The summed E-state index contributed by atoms with van der Waals surface area (Å²) in [5, 5.41) is 11.0. The Kier molecular flexibility index (Phi) is 8.23. The van der Waals surface area contributed by atoms with Gasteiger partial charge in [-0.1, -0.05) is 36.4 Å². The number of para-hydroxylation sites is 1. The molecule has 4 atom stereocenters. The van der Waals surface area contributed by atoms with Crippen molar-refractivity contribution in [1.82, 2.24) is 0 Å². The third-order valence-corrected chi connectivity index (χ3v) is 7.81. The van der Waals surface area contributed by atoms with Gasteiger partial charge in [-0.2, -0.15) is 5.26 Å². The quantitative estimate of drug-likeness (QED) is 0.202. The fourth-order valence-corrected chi connectivity index (χ4v) is 6.13. The van der Waals surface area contributed by atoms with E-state index < -0.39 is 41.3 Å². The fourth-order valence-electron chi connectivity index (χ4n) is 6.13. The first-order valence-corrected chi connectivity index (χ1v) is 14.0. The van der Waals surface area contributed by atoms with Gasteiger partial charge in [0.1, 0.15) is 11.8 Å². The molecule has 0 N–H and O–H groups in total. The standard InChI is InChI=1S/C34H30N2O8/c1-5-42-33(40)34(19-35)29-17-13-22-8-6-7-9-26(22)36(29)31(32(39)23-10-14-25(15-11-23)43-20(2)37)30(34)24-12-16-27(44-21(3)38)28(18-24)41-4/h6-18,29-31H,5H2,1-4H3. The lowest BCUT2D eigenvalue weighted by Crippen LogP contribution is -2.47. The van der Waals surface area contributed by atoms with Crippen LogP contribution in [0.1, 0.15) is 48.2 Å². The summed E-state index contributed by atoms with van der Waals surface area (Å²) in [6, 6.07) is 18.6. The first-order valence-electron chi connectivity index (χ1n) is 14.0. The number of rotatable bonds is 8. The number of anilines is 1. The van der Waals surface area contributed by atoms with Gasteiger partial charge in [-0.3, -0.25) is 19.2 Å². The van der Waals surface area contributed by atoms with Gasteiger partial charge < -0.3 is 23.8 Å². The number of methoxy groups -OCH3 is 1. The maximum Gasteiger partial charge on any atom is 0.329 e. The van der Waals surface area contributed by atoms with E-state index in [1.165, 1.54) is 39.2 Å². The van der Waals surface area contributed by atoms with E-state index in [2.05, 4.69) is 6.07 Å². The minimum Gasteiger partial charge on any atom is -0.493 e. The molecule has 0 saturated carbocycles. The number of nitriles is 1. The number of carbonyl (C=O) groups is 4. The van der Waals surface area contributed by atoms with Crippen molar-refractivity contribution in [2.24, 2.45) is 5.41 Å². The van der Waals surface area contributed by atoms with Crippen LogP contribution in [-0.2, 0) is 19.1 Å². The van der Waals surface area contributed by atoms with Crippen molar-refractivity contribution in [1.29, 1.82) is 5.26 Å². The van der Waals surface area contributed by atoms with Gasteiger partial charge >= 0.3 is 17.9 Å². The molecule has 0 aromatic heterocycles. The number of Topliss-reactive ketones (excluding diaryl/α,β-unsaturated/α-hetero) is 1. The molecule has 224 valence electrons.